The number of fused-ring (bicyclic) bond motifs is 4. The van der Waals surface area contributed by atoms with Crippen LogP contribution >= 0.6 is 0 Å². The van der Waals surface area contributed by atoms with Crippen LogP contribution in [0, 0.1) is 0 Å². The zero-order valence-electron chi connectivity index (χ0n) is 51.9. The van der Waals surface area contributed by atoms with Crippen molar-refractivity contribution >= 4 is 45.6 Å². The van der Waals surface area contributed by atoms with Crippen molar-refractivity contribution in [2.45, 2.75) is 0 Å². The Labute approximate surface area is 557 Å². The summed E-state index contributed by atoms with van der Waals surface area (Å²) in [5, 5.41) is 0. The van der Waals surface area contributed by atoms with Crippen LogP contribution in [0.25, 0.3) is 33.4 Å². The molecule has 0 atom stereocenters. The Balaban J connectivity index is 0.566. The van der Waals surface area contributed by atoms with E-state index in [1.54, 1.807) is 0 Å². The van der Waals surface area contributed by atoms with Gasteiger partial charge in [-0.3, -0.25) is 0 Å². The van der Waals surface area contributed by atoms with Crippen LogP contribution in [0.2, 0.25) is 0 Å². The minimum absolute atomic E-state index is 0.710. The van der Waals surface area contributed by atoms with Crippen LogP contribution in [0.5, 0.6) is 46.0 Å². The zero-order valence-corrected chi connectivity index (χ0v) is 51.9. The van der Waals surface area contributed by atoms with Crippen molar-refractivity contribution in [3.8, 4) is 79.4 Å². The van der Waals surface area contributed by atoms with Gasteiger partial charge in [0.1, 0.15) is 46.0 Å². The van der Waals surface area contributed by atoms with E-state index in [-0.39, 0.29) is 0 Å². The van der Waals surface area contributed by atoms with Crippen molar-refractivity contribution < 1.29 is 18.9 Å². The van der Waals surface area contributed by atoms with Crippen LogP contribution in [0.4, 0.5) is 22.7 Å². The summed E-state index contributed by atoms with van der Waals surface area (Å²) >= 11 is 0. The molecule has 0 spiro atoms. The maximum Gasteiger partial charge on any atom is 0.127 e. The Morgan fingerprint density at radius 2 is 0.292 bits per heavy atom. The summed E-state index contributed by atoms with van der Waals surface area (Å²) in [5.74, 6) is 5.88. The molecule has 0 amide bonds. The molecule has 2 aliphatic rings. The molecular formula is C88H58N4O4. The van der Waals surface area contributed by atoms with E-state index in [1.165, 1.54) is 11.1 Å². The molecule has 0 aliphatic carbocycles. The van der Waals surface area contributed by atoms with Crippen LogP contribution in [0.15, 0.2) is 372 Å². The lowest BCUT2D eigenvalue weighted by Crippen LogP contribution is -2.10. The molecule has 0 radical (unpaired) electrons. The Bertz CT molecular complexity index is 4910. The summed E-state index contributed by atoms with van der Waals surface area (Å²) in [6.45, 7) is 0. The Hall–Kier alpha value is -13.0. The summed E-state index contributed by atoms with van der Waals surface area (Å²) in [7, 11) is 0. The number of para-hydroxylation sites is 4. The van der Waals surface area contributed by atoms with Gasteiger partial charge in [-0.1, -0.05) is 182 Å². The van der Waals surface area contributed by atoms with Gasteiger partial charge >= 0.3 is 0 Å². The van der Waals surface area contributed by atoms with Gasteiger partial charge in [0.2, 0.25) is 0 Å². The number of rotatable bonds is 15. The molecule has 0 aromatic heterocycles. The Morgan fingerprint density at radius 3 is 0.490 bits per heavy atom. The number of benzene rings is 14. The van der Waals surface area contributed by atoms with Gasteiger partial charge in [0.05, 0.1) is 45.6 Å². The predicted molar refractivity (Wildman–Crippen MR) is 389 cm³/mol. The Morgan fingerprint density at radius 1 is 0.135 bits per heavy atom. The van der Waals surface area contributed by atoms with E-state index < -0.39 is 0 Å². The molecule has 2 heterocycles. The molecule has 14 aromatic rings. The summed E-state index contributed by atoms with van der Waals surface area (Å²) in [6.07, 6.45) is 0. The van der Waals surface area contributed by atoms with Crippen molar-refractivity contribution in [2.75, 3.05) is 0 Å². The summed E-state index contributed by atoms with van der Waals surface area (Å²) in [5.41, 5.74) is 20.8. The molecule has 0 N–H and O–H groups in total. The monoisotopic (exact) mass is 1230 g/mol. The first-order valence-corrected chi connectivity index (χ1v) is 31.9. The fraction of sp³-hybridized carbons (Fsp3) is 0. The topological polar surface area (TPSA) is 86.4 Å². The van der Waals surface area contributed by atoms with Crippen LogP contribution in [-0.2, 0) is 0 Å². The molecular weight excluding hydrogens is 1180 g/mol. The highest BCUT2D eigenvalue weighted by Gasteiger charge is 2.23. The van der Waals surface area contributed by atoms with Crippen molar-refractivity contribution in [3.05, 3.63) is 396 Å². The van der Waals surface area contributed by atoms with Crippen molar-refractivity contribution in [1.82, 2.24) is 0 Å². The number of aliphatic imine (C=N–C) groups is 4. The lowest BCUT2D eigenvalue weighted by molar-refractivity contribution is 0.482. The second kappa shape index (κ2) is 26.3. The number of hydrogen-bond donors (Lipinski definition) is 0. The molecule has 2 aliphatic heterocycles. The number of nitrogens with zero attached hydrogens (tertiary/aromatic N) is 4. The fourth-order valence-corrected chi connectivity index (χ4v) is 12.1. The third kappa shape index (κ3) is 12.6. The average molecular weight is 1240 g/mol. The molecule has 0 bridgehead atoms. The molecule has 0 saturated carbocycles. The van der Waals surface area contributed by atoms with Gasteiger partial charge in [0, 0.05) is 44.5 Å². The first-order valence-electron chi connectivity index (χ1n) is 31.9. The lowest BCUT2D eigenvalue weighted by atomic mass is 9.96. The SMILES string of the molecule is c1ccc(-c2ccc(Oc3ccc(/C4=N/c5ccccc5/C(c5ccc(Oc6ccc(-c7ccc(Oc8ccc(/C9=N/c%10ccccc%10/C(c%10ccc(Oc%11ccc(-c%12ccccc%12)cc%11)cc%10)=N\c%10ccccc%109)cc8)cc7)cc6)cc5)=N\c5ccccc54)cc3)cc2)cc1. The van der Waals surface area contributed by atoms with E-state index >= 15 is 0 Å². The smallest absolute Gasteiger partial charge is 0.127 e. The maximum absolute atomic E-state index is 6.43. The van der Waals surface area contributed by atoms with E-state index in [0.717, 1.165) is 147 Å². The zero-order chi connectivity index (χ0) is 64.0. The highest BCUT2D eigenvalue weighted by Crippen LogP contribution is 2.39. The van der Waals surface area contributed by atoms with Crippen molar-refractivity contribution in [2.24, 2.45) is 20.0 Å². The van der Waals surface area contributed by atoms with Crippen molar-refractivity contribution in [1.29, 1.82) is 0 Å². The number of hydrogen-bond acceptors (Lipinski definition) is 8. The third-order valence-electron chi connectivity index (χ3n) is 17.0. The minimum Gasteiger partial charge on any atom is -0.457 e. The highest BCUT2D eigenvalue weighted by atomic mass is 16.5. The minimum atomic E-state index is 0.710. The van der Waals surface area contributed by atoms with Crippen LogP contribution in [0.1, 0.15) is 44.5 Å². The van der Waals surface area contributed by atoms with Gasteiger partial charge in [-0.2, -0.15) is 0 Å². The van der Waals surface area contributed by atoms with E-state index in [9.17, 15) is 0 Å². The summed E-state index contributed by atoms with van der Waals surface area (Å²) < 4.78 is 25.4. The average Bonchev–Trinajstić information content (AvgIpc) is 0.786. The van der Waals surface area contributed by atoms with Gasteiger partial charge in [0.25, 0.3) is 0 Å². The van der Waals surface area contributed by atoms with E-state index in [0.29, 0.717) is 11.5 Å². The molecule has 454 valence electrons. The van der Waals surface area contributed by atoms with Gasteiger partial charge in [-0.15, -0.1) is 0 Å². The summed E-state index contributed by atoms with van der Waals surface area (Å²) in [4.78, 5) is 21.5. The van der Waals surface area contributed by atoms with E-state index in [4.69, 9.17) is 38.9 Å². The first-order chi connectivity index (χ1) is 47.5. The predicted octanol–water partition coefficient (Wildman–Crippen LogP) is 23.2. The molecule has 16 rings (SSSR count). The normalized spacial score (nSPS) is 14.4. The van der Waals surface area contributed by atoms with Crippen LogP contribution in [-0.4, -0.2) is 22.8 Å². The molecule has 0 fully saturated rings. The van der Waals surface area contributed by atoms with Gasteiger partial charge in [-0.05, 0) is 203 Å². The molecule has 8 nitrogen and oxygen atoms in total. The lowest BCUT2D eigenvalue weighted by Gasteiger charge is -2.18. The molecule has 8 heteroatoms. The first kappa shape index (κ1) is 58.1. The standard InChI is InChI=1S/C88H58N4O4/c1-3-15-59(16-4-1)61-27-43-69(44-28-61)93-73-51-35-65(36-52-73)85-77-19-7-11-23-81(77)91-87(79-21-9-13-25-83(79)89-85)67-39-55-75(56-40-67)95-71-47-31-63(32-48-71)64-33-49-72(50-34-64)96-76-57-41-68(42-58-76)88-80-22-10-14-26-84(80)90-86(78-20-8-12-24-82(78)92-88)66-37-53-74(54-38-66)94-70-45-29-62(30-46-70)60-17-5-2-6-18-60/h1-58H/b85-77?,86-78?,87-79?,88-80?,89-83?,89-85-,90-84?,90-86-,91-81?,91-87-,92-82?,92-88-. The molecule has 14 aromatic carbocycles. The third-order valence-corrected chi connectivity index (χ3v) is 17.0. The largest absolute Gasteiger partial charge is 0.457 e. The highest BCUT2D eigenvalue weighted by molar-refractivity contribution is 6.24. The van der Waals surface area contributed by atoms with Gasteiger partial charge < -0.3 is 18.9 Å². The van der Waals surface area contributed by atoms with Gasteiger partial charge in [-0.25, -0.2) is 20.0 Å². The van der Waals surface area contributed by atoms with E-state index in [1.807, 2.05) is 206 Å². The number of ether oxygens (including phenoxy) is 4. The van der Waals surface area contributed by atoms with Crippen molar-refractivity contribution in [3.63, 3.8) is 0 Å². The maximum atomic E-state index is 6.43. The molecule has 0 unspecified atom stereocenters. The second-order valence-corrected chi connectivity index (χ2v) is 23.2. The van der Waals surface area contributed by atoms with Gasteiger partial charge in [0.15, 0.2) is 0 Å². The molecule has 0 saturated heterocycles. The molecule has 96 heavy (non-hydrogen) atoms. The van der Waals surface area contributed by atoms with E-state index in [2.05, 4.69) is 146 Å². The van der Waals surface area contributed by atoms with Crippen LogP contribution in [0.3, 0.4) is 0 Å². The quantitative estimate of drug-likeness (QED) is 0.102. The summed E-state index contributed by atoms with van der Waals surface area (Å²) in [6, 6.07) is 118. The Kier molecular flexibility index (Phi) is 15.9. The van der Waals surface area contributed by atoms with Crippen LogP contribution < -0.4 is 18.9 Å². The fourth-order valence-electron chi connectivity index (χ4n) is 12.1. The second-order valence-electron chi connectivity index (χ2n) is 23.2.